The first-order chi connectivity index (χ1) is 9.56. The Bertz CT molecular complexity index is 544. The molecule has 0 radical (unpaired) electrons. The maximum Gasteiger partial charge on any atom is 0.392 e. The number of hydrogen-bond donors (Lipinski definition) is 0. The minimum Gasteiger partial charge on any atom is -0.270 e. The zero-order valence-electron chi connectivity index (χ0n) is 11.5. The number of fused-ring (bicyclic) bond motifs is 3. The van der Waals surface area contributed by atoms with Gasteiger partial charge in [0.15, 0.2) is 0 Å². The molecule has 3 aliphatic heterocycles. The zero-order chi connectivity index (χ0) is 14.4. The number of carbonyl (C=O) groups is 2. The molecule has 0 N–H and O–H groups in total. The first-order valence-electron chi connectivity index (χ1n) is 6.64. The number of amides is 3. The molecule has 20 heavy (non-hydrogen) atoms. The van der Waals surface area contributed by atoms with Crippen molar-refractivity contribution in [3.05, 3.63) is 0 Å². The molecule has 1 unspecified atom stereocenters. The Balaban J connectivity index is 2.05. The highest BCUT2D eigenvalue weighted by Crippen LogP contribution is 2.24. The summed E-state index contributed by atoms with van der Waals surface area (Å²) in [4.78, 5) is 33.6. The molecule has 108 valence electrons. The second-order valence-corrected chi connectivity index (χ2v) is 5.93. The standard InChI is InChI=1S/C12H17BrN5O2/c1-15-9-8(10(19)16(2)12(15)20)18-6-3-5-17(7-4-13)11(18)14-9/h8H,3-7H2,1-2H3/q+1. The second kappa shape index (κ2) is 4.83. The topological polar surface area (TPSA) is 59.2 Å². The lowest BCUT2D eigenvalue weighted by Gasteiger charge is -2.33. The van der Waals surface area contributed by atoms with E-state index in [1.807, 2.05) is 4.90 Å². The quantitative estimate of drug-likeness (QED) is 0.514. The maximum atomic E-state index is 12.4. The molecular formula is C12H17BrN5O2+. The van der Waals surface area contributed by atoms with E-state index in [2.05, 4.69) is 25.5 Å². The van der Waals surface area contributed by atoms with E-state index in [4.69, 9.17) is 0 Å². The first-order valence-corrected chi connectivity index (χ1v) is 7.76. The Kier molecular flexibility index (Phi) is 3.27. The van der Waals surface area contributed by atoms with E-state index in [1.54, 1.807) is 7.05 Å². The summed E-state index contributed by atoms with van der Waals surface area (Å²) >= 11 is 3.44. The average Bonchev–Trinajstić information content (AvgIpc) is 2.84. The van der Waals surface area contributed by atoms with Crippen molar-refractivity contribution in [2.24, 2.45) is 4.99 Å². The van der Waals surface area contributed by atoms with Crippen LogP contribution in [0.2, 0.25) is 0 Å². The highest BCUT2D eigenvalue weighted by atomic mass is 79.9. The SMILES string of the molecule is CN1C(=O)C2C(=NC3=[N+](CCBr)CCCN32)N(C)C1=O. The number of aliphatic imine (C=N–C) groups is 1. The van der Waals surface area contributed by atoms with E-state index in [0.717, 1.165) is 37.3 Å². The van der Waals surface area contributed by atoms with Crippen LogP contribution in [0.3, 0.4) is 0 Å². The van der Waals surface area contributed by atoms with Gasteiger partial charge in [0, 0.05) is 25.8 Å². The van der Waals surface area contributed by atoms with Crippen molar-refractivity contribution in [1.82, 2.24) is 14.7 Å². The Morgan fingerprint density at radius 2 is 2.10 bits per heavy atom. The van der Waals surface area contributed by atoms with E-state index in [-0.39, 0.29) is 11.9 Å². The number of urea groups is 1. The highest BCUT2D eigenvalue weighted by Gasteiger charge is 2.55. The maximum absolute atomic E-state index is 12.4. The van der Waals surface area contributed by atoms with Crippen LogP contribution >= 0.6 is 15.9 Å². The number of likely N-dealkylation sites (N-methyl/N-ethyl adjacent to an activating group) is 2. The summed E-state index contributed by atoms with van der Waals surface area (Å²) in [5.41, 5.74) is 0. The van der Waals surface area contributed by atoms with Gasteiger partial charge in [0.25, 0.3) is 5.91 Å². The fourth-order valence-electron chi connectivity index (χ4n) is 2.91. The van der Waals surface area contributed by atoms with Crippen LogP contribution in [-0.4, -0.2) is 88.1 Å². The van der Waals surface area contributed by atoms with Gasteiger partial charge < -0.3 is 0 Å². The molecule has 0 aromatic carbocycles. The predicted molar refractivity (Wildman–Crippen MR) is 77.3 cm³/mol. The molecule has 1 atom stereocenters. The van der Waals surface area contributed by atoms with Crippen LogP contribution in [0.25, 0.3) is 0 Å². The highest BCUT2D eigenvalue weighted by molar-refractivity contribution is 9.09. The molecule has 0 bridgehead atoms. The van der Waals surface area contributed by atoms with Crippen LogP contribution in [0.15, 0.2) is 4.99 Å². The van der Waals surface area contributed by atoms with E-state index >= 15 is 0 Å². The van der Waals surface area contributed by atoms with Gasteiger partial charge in [-0.15, -0.1) is 0 Å². The Morgan fingerprint density at radius 1 is 1.35 bits per heavy atom. The molecule has 3 rings (SSSR count). The van der Waals surface area contributed by atoms with Gasteiger partial charge in [-0.2, -0.15) is 0 Å². The lowest BCUT2D eigenvalue weighted by Crippen LogP contribution is -2.63. The van der Waals surface area contributed by atoms with Gasteiger partial charge in [-0.3, -0.25) is 19.2 Å². The third-order valence-electron chi connectivity index (χ3n) is 3.97. The van der Waals surface area contributed by atoms with Crippen LogP contribution in [-0.2, 0) is 4.79 Å². The van der Waals surface area contributed by atoms with Crippen molar-refractivity contribution in [2.75, 3.05) is 39.1 Å². The Hall–Kier alpha value is -1.44. The fourth-order valence-corrected chi connectivity index (χ4v) is 3.34. The van der Waals surface area contributed by atoms with Crippen molar-refractivity contribution in [3.8, 4) is 0 Å². The first kappa shape index (κ1) is 13.5. The van der Waals surface area contributed by atoms with Crippen molar-refractivity contribution >= 4 is 39.7 Å². The largest absolute Gasteiger partial charge is 0.392 e. The Morgan fingerprint density at radius 3 is 2.80 bits per heavy atom. The van der Waals surface area contributed by atoms with Crippen molar-refractivity contribution in [1.29, 1.82) is 0 Å². The number of amidine groups is 1. The third-order valence-corrected chi connectivity index (χ3v) is 4.33. The van der Waals surface area contributed by atoms with Gasteiger partial charge in [-0.25, -0.2) is 9.69 Å². The molecule has 0 aromatic heterocycles. The monoisotopic (exact) mass is 342 g/mol. The van der Waals surface area contributed by atoms with Gasteiger partial charge in [-0.1, -0.05) is 20.9 Å². The second-order valence-electron chi connectivity index (χ2n) is 5.13. The molecule has 3 aliphatic rings. The van der Waals surface area contributed by atoms with Crippen molar-refractivity contribution in [3.63, 3.8) is 0 Å². The fraction of sp³-hybridized carbons (Fsp3) is 0.667. The van der Waals surface area contributed by atoms with E-state index < -0.39 is 6.04 Å². The predicted octanol–water partition coefficient (Wildman–Crippen LogP) is -0.240. The van der Waals surface area contributed by atoms with Crippen molar-refractivity contribution in [2.45, 2.75) is 12.5 Å². The van der Waals surface area contributed by atoms with E-state index in [9.17, 15) is 9.59 Å². The molecule has 1 fully saturated rings. The number of guanidine groups is 1. The summed E-state index contributed by atoms with van der Waals surface area (Å²) < 4.78 is 2.16. The van der Waals surface area contributed by atoms with E-state index in [0.29, 0.717) is 5.84 Å². The van der Waals surface area contributed by atoms with Gasteiger partial charge in [0.05, 0.1) is 19.6 Å². The number of nitrogens with zero attached hydrogens (tertiary/aromatic N) is 5. The van der Waals surface area contributed by atoms with Gasteiger partial charge in [-0.05, 0) is 0 Å². The van der Waals surface area contributed by atoms with Crippen LogP contribution in [0, 0.1) is 0 Å². The summed E-state index contributed by atoms with van der Waals surface area (Å²) in [7, 11) is 3.20. The zero-order valence-corrected chi connectivity index (χ0v) is 13.1. The minimum atomic E-state index is -0.448. The number of imide groups is 1. The summed E-state index contributed by atoms with van der Waals surface area (Å²) in [5, 5.41) is 0.850. The van der Waals surface area contributed by atoms with Gasteiger partial charge in [0.2, 0.25) is 11.9 Å². The summed E-state index contributed by atoms with van der Waals surface area (Å²) in [6.07, 6.45) is 0.991. The molecule has 8 heteroatoms. The molecule has 3 amide bonds. The molecule has 7 nitrogen and oxygen atoms in total. The molecular weight excluding hydrogens is 326 g/mol. The summed E-state index contributed by atoms with van der Waals surface area (Å²) in [6, 6.07) is -0.770. The number of hydrogen-bond acceptors (Lipinski definition) is 4. The number of halogens is 1. The molecule has 0 aliphatic carbocycles. The van der Waals surface area contributed by atoms with Crippen LogP contribution in [0.4, 0.5) is 4.79 Å². The molecule has 0 saturated carbocycles. The van der Waals surface area contributed by atoms with Gasteiger partial charge >= 0.3 is 12.0 Å². The molecule has 0 aromatic rings. The number of rotatable bonds is 2. The molecule has 0 spiro atoms. The van der Waals surface area contributed by atoms with E-state index in [1.165, 1.54) is 16.8 Å². The normalized spacial score (nSPS) is 26.1. The summed E-state index contributed by atoms with van der Waals surface area (Å²) in [5.74, 6) is 1.18. The summed E-state index contributed by atoms with van der Waals surface area (Å²) in [6.45, 7) is 2.58. The average molecular weight is 343 g/mol. The Labute approximate surface area is 125 Å². The third kappa shape index (κ3) is 1.77. The lowest BCUT2D eigenvalue weighted by atomic mass is 10.1. The number of alkyl halides is 1. The molecule has 1 saturated heterocycles. The number of carbonyl (C=O) groups excluding carboxylic acids is 2. The molecule has 3 heterocycles. The smallest absolute Gasteiger partial charge is 0.270 e. The van der Waals surface area contributed by atoms with Crippen molar-refractivity contribution < 1.29 is 14.2 Å². The lowest BCUT2D eigenvalue weighted by molar-refractivity contribution is -0.534. The minimum absolute atomic E-state index is 0.192. The van der Waals surface area contributed by atoms with Crippen LogP contribution < -0.4 is 0 Å². The van der Waals surface area contributed by atoms with Crippen LogP contribution in [0.1, 0.15) is 6.42 Å². The van der Waals surface area contributed by atoms with Crippen LogP contribution in [0.5, 0.6) is 0 Å². The van der Waals surface area contributed by atoms with Gasteiger partial charge in [0.1, 0.15) is 0 Å².